The maximum Gasteiger partial charge on any atom is 0.335 e. The van der Waals surface area contributed by atoms with Crippen molar-refractivity contribution in [1.29, 1.82) is 0 Å². The van der Waals surface area contributed by atoms with Gasteiger partial charge in [-0.25, -0.2) is 9.78 Å². The lowest BCUT2D eigenvalue weighted by Crippen LogP contribution is -1.94. The second kappa shape index (κ2) is 4.19. The van der Waals surface area contributed by atoms with Crippen LogP contribution in [0.15, 0.2) is 42.7 Å². The summed E-state index contributed by atoms with van der Waals surface area (Å²) in [5.41, 5.74) is 2.09. The van der Waals surface area contributed by atoms with Crippen molar-refractivity contribution in [2.24, 2.45) is 0 Å². The number of carboxylic acid groups (broad SMARTS) is 1. The molecule has 5 heteroatoms. The number of fused-ring (bicyclic) bond motifs is 1. The third kappa shape index (κ3) is 1.84. The number of benzene rings is 1. The number of carbonyl (C=O) groups is 1. The van der Waals surface area contributed by atoms with Gasteiger partial charge in [0.15, 0.2) is 0 Å². The predicted octanol–water partition coefficient (Wildman–Crippen LogP) is 3.06. The zero-order valence-electron chi connectivity index (χ0n) is 9.20. The fraction of sp³-hybridized carbons (Fsp3) is 0. The molecular formula is C13H8N2O2S. The summed E-state index contributed by atoms with van der Waals surface area (Å²) in [4.78, 5) is 19.3. The molecule has 0 amide bonds. The molecule has 88 valence electrons. The van der Waals surface area contributed by atoms with Crippen molar-refractivity contribution in [3.05, 3.63) is 48.3 Å². The first-order chi connectivity index (χ1) is 8.74. The number of aromatic nitrogens is 2. The summed E-state index contributed by atoms with van der Waals surface area (Å²) < 4.78 is 0.877. The van der Waals surface area contributed by atoms with E-state index >= 15 is 0 Å². The minimum atomic E-state index is -0.921. The van der Waals surface area contributed by atoms with Crippen LogP contribution in [0.1, 0.15) is 10.4 Å². The zero-order valence-corrected chi connectivity index (χ0v) is 10.0. The molecule has 0 saturated heterocycles. The lowest BCUT2D eigenvalue weighted by atomic mass is 10.2. The van der Waals surface area contributed by atoms with E-state index in [0.29, 0.717) is 0 Å². The highest BCUT2D eigenvalue weighted by atomic mass is 32.1. The number of aromatic carboxylic acids is 1. The van der Waals surface area contributed by atoms with Gasteiger partial charge in [0, 0.05) is 18.0 Å². The molecule has 0 spiro atoms. The van der Waals surface area contributed by atoms with Crippen LogP contribution in [0.4, 0.5) is 0 Å². The average molecular weight is 256 g/mol. The highest BCUT2D eigenvalue weighted by Crippen LogP contribution is 2.30. The largest absolute Gasteiger partial charge is 0.478 e. The van der Waals surface area contributed by atoms with Crippen LogP contribution in [0.3, 0.4) is 0 Å². The maximum atomic E-state index is 10.9. The molecule has 0 bridgehead atoms. The van der Waals surface area contributed by atoms with Crippen LogP contribution in [-0.4, -0.2) is 21.0 Å². The summed E-state index contributed by atoms with van der Waals surface area (Å²) in [5, 5.41) is 9.81. The van der Waals surface area contributed by atoms with Crippen molar-refractivity contribution in [3.8, 4) is 10.6 Å². The number of pyridine rings is 1. The minimum Gasteiger partial charge on any atom is -0.478 e. The standard InChI is InChI=1S/C13H8N2O2S/c16-13(17)9-1-2-10-11(7-9)18-12(15-10)8-3-5-14-6-4-8/h1-7H,(H,16,17). The number of thiazole rings is 1. The molecule has 2 heterocycles. The Morgan fingerprint density at radius 1 is 1.17 bits per heavy atom. The molecule has 18 heavy (non-hydrogen) atoms. The van der Waals surface area contributed by atoms with Gasteiger partial charge < -0.3 is 5.11 Å². The molecule has 1 N–H and O–H groups in total. The quantitative estimate of drug-likeness (QED) is 0.765. The number of hydrogen-bond acceptors (Lipinski definition) is 4. The Kier molecular flexibility index (Phi) is 2.53. The van der Waals surface area contributed by atoms with Crippen LogP contribution in [0.25, 0.3) is 20.8 Å². The maximum absolute atomic E-state index is 10.9. The zero-order chi connectivity index (χ0) is 12.5. The number of rotatable bonds is 2. The van der Waals surface area contributed by atoms with Crippen molar-refractivity contribution >= 4 is 27.5 Å². The molecule has 0 unspecified atom stereocenters. The lowest BCUT2D eigenvalue weighted by molar-refractivity contribution is 0.0697. The summed E-state index contributed by atoms with van der Waals surface area (Å²) >= 11 is 1.48. The van der Waals surface area contributed by atoms with Gasteiger partial charge in [-0.1, -0.05) is 0 Å². The van der Waals surface area contributed by atoms with E-state index < -0.39 is 5.97 Å². The van der Waals surface area contributed by atoms with E-state index in [1.807, 2.05) is 12.1 Å². The summed E-state index contributed by atoms with van der Waals surface area (Å²) in [6.45, 7) is 0. The first-order valence-electron chi connectivity index (χ1n) is 5.28. The second-order valence-electron chi connectivity index (χ2n) is 3.74. The third-order valence-corrected chi connectivity index (χ3v) is 3.63. The first kappa shape index (κ1) is 10.9. The van der Waals surface area contributed by atoms with Crippen molar-refractivity contribution in [2.45, 2.75) is 0 Å². The molecule has 3 aromatic rings. The van der Waals surface area contributed by atoms with Gasteiger partial charge in [0.05, 0.1) is 15.8 Å². The smallest absolute Gasteiger partial charge is 0.335 e. The Morgan fingerprint density at radius 3 is 2.67 bits per heavy atom. The summed E-state index contributed by atoms with van der Waals surface area (Å²) in [6, 6.07) is 8.73. The predicted molar refractivity (Wildman–Crippen MR) is 69.8 cm³/mol. The molecule has 3 rings (SSSR count). The van der Waals surface area contributed by atoms with E-state index in [2.05, 4.69) is 9.97 Å². The van der Waals surface area contributed by atoms with Crippen molar-refractivity contribution in [2.75, 3.05) is 0 Å². The van der Waals surface area contributed by atoms with Crippen LogP contribution in [-0.2, 0) is 0 Å². The van der Waals surface area contributed by atoms with Crippen LogP contribution >= 0.6 is 11.3 Å². The monoisotopic (exact) mass is 256 g/mol. The van der Waals surface area contributed by atoms with Gasteiger partial charge in [-0.3, -0.25) is 4.98 Å². The first-order valence-corrected chi connectivity index (χ1v) is 6.10. The van der Waals surface area contributed by atoms with Crippen LogP contribution in [0.5, 0.6) is 0 Å². The molecule has 0 atom stereocenters. The van der Waals surface area contributed by atoms with Gasteiger partial charge >= 0.3 is 5.97 Å². The van der Waals surface area contributed by atoms with Crippen LogP contribution < -0.4 is 0 Å². The number of hydrogen-bond donors (Lipinski definition) is 1. The summed E-state index contributed by atoms with van der Waals surface area (Å²) in [6.07, 6.45) is 3.42. The van der Waals surface area contributed by atoms with Gasteiger partial charge in [0.1, 0.15) is 5.01 Å². The molecule has 0 aliphatic rings. The van der Waals surface area contributed by atoms with Crippen LogP contribution in [0.2, 0.25) is 0 Å². The molecular weight excluding hydrogens is 248 g/mol. The van der Waals surface area contributed by atoms with E-state index in [1.54, 1.807) is 30.6 Å². The molecule has 0 aliphatic carbocycles. The second-order valence-corrected chi connectivity index (χ2v) is 4.77. The van der Waals surface area contributed by atoms with E-state index in [4.69, 9.17) is 5.11 Å². The van der Waals surface area contributed by atoms with E-state index in [1.165, 1.54) is 11.3 Å². The molecule has 0 fully saturated rings. The molecule has 0 saturated carbocycles. The molecule has 1 aromatic carbocycles. The fourth-order valence-electron chi connectivity index (χ4n) is 1.68. The van der Waals surface area contributed by atoms with Crippen LogP contribution in [0, 0.1) is 0 Å². The number of nitrogens with zero attached hydrogens (tertiary/aromatic N) is 2. The Labute approximate surface area is 107 Å². The van der Waals surface area contributed by atoms with Gasteiger partial charge in [0.25, 0.3) is 0 Å². The van der Waals surface area contributed by atoms with Gasteiger partial charge in [-0.05, 0) is 30.3 Å². The highest BCUT2D eigenvalue weighted by molar-refractivity contribution is 7.21. The highest BCUT2D eigenvalue weighted by Gasteiger charge is 2.09. The normalized spacial score (nSPS) is 10.7. The Hall–Kier alpha value is -2.27. The molecule has 0 radical (unpaired) electrons. The van der Waals surface area contributed by atoms with Gasteiger partial charge in [0.2, 0.25) is 0 Å². The van der Waals surface area contributed by atoms with Gasteiger partial charge in [-0.15, -0.1) is 11.3 Å². The van der Waals surface area contributed by atoms with E-state index in [9.17, 15) is 4.79 Å². The summed E-state index contributed by atoms with van der Waals surface area (Å²) in [5.74, 6) is -0.921. The molecule has 0 aliphatic heterocycles. The SMILES string of the molecule is O=C(O)c1ccc2nc(-c3ccncc3)sc2c1. The van der Waals surface area contributed by atoms with Gasteiger partial charge in [-0.2, -0.15) is 0 Å². The Morgan fingerprint density at radius 2 is 1.94 bits per heavy atom. The Bertz CT molecular complexity index is 722. The fourth-order valence-corrected chi connectivity index (χ4v) is 2.69. The Balaban J connectivity index is 2.14. The summed E-state index contributed by atoms with van der Waals surface area (Å²) in [7, 11) is 0. The van der Waals surface area contributed by atoms with E-state index in [0.717, 1.165) is 20.8 Å². The molecule has 4 nitrogen and oxygen atoms in total. The number of carboxylic acids is 1. The topological polar surface area (TPSA) is 63.1 Å². The third-order valence-electron chi connectivity index (χ3n) is 2.56. The average Bonchev–Trinajstić information content (AvgIpc) is 2.82. The van der Waals surface area contributed by atoms with Crippen molar-refractivity contribution in [3.63, 3.8) is 0 Å². The minimum absolute atomic E-state index is 0.285. The van der Waals surface area contributed by atoms with Crippen molar-refractivity contribution in [1.82, 2.24) is 9.97 Å². The lowest BCUT2D eigenvalue weighted by Gasteiger charge is -1.91. The molecule has 2 aromatic heterocycles. The van der Waals surface area contributed by atoms with E-state index in [-0.39, 0.29) is 5.56 Å². The van der Waals surface area contributed by atoms with Crippen molar-refractivity contribution < 1.29 is 9.90 Å².